The van der Waals surface area contributed by atoms with Gasteiger partial charge in [-0.05, 0) is 31.0 Å². The van der Waals surface area contributed by atoms with Crippen LogP contribution < -0.4 is 10.0 Å². The molecule has 1 saturated heterocycles. The Morgan fingerprint density at radius 3 is 2.46 bits per heavy atom. The highest BCUT2D eigenvalue weighted by atomic mass is 35.5. The third-order valence-corrected chi connectivity index (χ3v) is 5.40. The van der Waals surface area contributed by atoms with Crippen LogP contribution in [0.25, 0.3) is 0 Å². The number of anilines is 1. The summed E-state index contributed by atoms with van der Waals surface area (Å²) in [4.78, 5) is 25.2. The summed E-state index contributed by atoms with van der Waals surface area (Å²) in [5.41, 5.74) is 5.61. The highest BCUT2D eigenvalue weighted by Gasteiger charge is 2.28. The van der Waals surface area contributed by atoms with Crippen molar-refractivity contribution in [1.82, 2.24) is 4.90 Å². The van der Waals surface area contributed by atoms with Gasteiger partial charge in [-0.1, -0.05) is 17.7 Å². The smallest absolute Gasteiger partial charge is 0.243 e. The number of sulfonamides is 1. The van der Waals surface area contributed by atoms with E-state index in [0.29, 0.717) is 36.6 Å². The molecular weight excluding hydrogens is 354 g/mol. The number of hydrogen-bond acceptors (Lipinski definition) is 4. The van der Waals surface area contributed by atoms with Gasteiger partial charge in [0.2, 0.25) is 21.8 Å². The van der Waals surface area contributed by atoms with E-state index in [2.05, 4.69) is 0 Å². The Morgan fingerprint density at radius 2 is 1.96 bits per heavy atom. The second kappa shape index (κ2) is 7.40. The summed E-state index contributed by atoms with van der Waals surface area (Å²) < 4.78 is 25.1. The second-order valence-electron chi connectivity index (χ2n) is 5.81. The molecule has 0 unspecified atom stereocenters. The molecule has 0 spiro atoms. The van der Waals surface area contributed by atoms with Gasteiger partial charge in [-0.3, -0.25) is 13.9 Å². The molecule has 0 atom stereocenters. The van der Waals surface area contributed by atoms with Crippen LogP contribution in [0.3, 0.4) is 0 Å². The predicted molar refractivity (Wildman–Crippen MR) is 92.1 cm³/mol. The van der Waals surface area contributed by atoms with Crippen molar-refractivity contribution in [2.45, 2.75) is 12.8 Å². The Labute approximate surface area is 146 Å². The molecule has 24 heavy (non-hydrogen) atoms. The van der Waals surface area contributed by atoms with Crippen LogP contribution in [0.4, 0.5) is 5.69 Å². The number of rotatable bonds is 5. The molecule has 0 bridgehead atoms. The van der Waals surface area contributed by atoms with Crippen molar-refractivity contribution < 1.29 is 18.0 Å². The molecule has 9 heteroatoms. The molecule has 7 nitrogen and oxygen atoms in total. The maximum absolute atomic E-state index is 12.5. The number of hydrogen-bond donors (Lipinski definition) is 1. The van der Waals surface area contributed by atoms with E-state index in [1.807, 2.05) is 0 Å². The van der Waals surface area contributed by atoms with Crippen molar-refractivity contribution in [1.29, 1.82) is 0 Å². The Morgan fingerprint density at radius 1 is 1.33 bits per heavy atom. The standard InChI is InChI=1S/C15H20ClN3O4S/c1-24(22,23)19(13-4-2-3-12(16)9-13)10-14(20)18-7-5-11(6-8-18)15(17)21/h2-4,9,11H,5-8,10H2,1H3,(H2,17,21). The average Bonchev–Trinajstić information content (AvgIpc) is 2.51. The first kappa shape index (κ1) is 18.5. The van der Waals surface area contributed by atoms with Gasteiger partial charge in [0, 0.05) is 24.0 Å². The van der Waals surface area contributed by atoms with Gasteiger partial charge in [-0.15, -0.1) is 0 Å². The number of primary amides is 1. The van der Waals surface area contributed by atoms with Gasteiger partial charge in [0.1, 0.15) is 6.54 Å². The number of carbonyl (C=O) groups excluding carboxylic acids is 2. The molecule has 2 amide bonds. The van der Waals surface area contributed by atoms with Gasteiger partial charge in [-0.2, -0.15) is 0 Å². The van der Waals surface area contributed by atoms with Crippen LogP contribution in [0.1, 0.15) is 12.8 Å². The fourth-order valence-corrected chi connectivity index (χ4v) is 3.69. The zero-order valence-corrected chi connectivity index (χ0v) is 14.9. The molecule has 1 aromatic carbocycles. The lowest BCUT2D eigenvalue weighted by molar-refractivity contribution is -0.133. The van der Waals surface area contributed by atoms with Gasteiger partial charge >= 0.3 is 0 Å². The highest BCUT2D eigenvalue weighted by Crippen LogP contribution is 2.23. The molecule has 0 aromatic heterocycles. The van der Waals surface area contributed by atoms with Gasteiger partial charge in [-0.25, -0.2) is 8.42 Å². The van der Waals surface area contributed by atoms with E-state index >= 15 is 0 Å². The van der Waals surface area contributed by atoms with Crippen LogP contribution >= 0.6 is 11.6 Å². The van der Waals surface area contributed by atoms with E-state index in [-0.39, 0.29) is 24.3 Å². The van der Waals surface area contributed by atoms with Crippen molar-refractivity contribution in [3.05, 3.63) is 29.3 Å². The van der Waals surface area contributed by atoms with Gasteiger partial charge in [0.05, 0.1) is 11.9 Å². The van der Waals surface area contributed by atoms with Crippen LogP contribution in [0.15, 0.2) is 24.3 Å². The third-order valence-electron chi connectivity index (χ3n) is 4.03. The summed E-state index contributed by atoms with van der Waals surface area (Å²) in [6.45, 7) is 0.472. The van der Waals surface area contributed by atoms with Crippen LogP contribution in [0.5, 0.6) is 0 Å². The lowest BCUT2D eigenvalue weighted by Crippen LogP contribution is -2.47. The minimum absolute atomic E-state index is 0.229. The summed E-state index contributed by atoms with van der Waals surface area (Å²) in [5.74, 6) is -0.907. The molecule has 1 fully saturated rings. The quantitative estimate of drug-likeness (QED) is 0.825. The van der Waals surface area contributed by atoms with Crippen LogP contribution in [-0.4, -0.2) is 51.0 Å². The minimum Gasteiger partial charge on any atom is -0.369 e. The lowest BCUT2D eigenvalue weighted by atomic mass is 9.96. The molecule has 2 N–H and O–H groups in total. The van der Waals surface area contributed by atoms with Gasteiger partial charge < -0.3 is 10.6 Å². The molecule has 1 aliphatic rings. The molecule has 2 rings (SSSR count). The van der Waals surface area contributed by atoms with E-state index in [1.54, 1.807) is 23.1 Å². The van der Waals surface area contributed by atoms with Crippen LogP contribution in [0.2, 0.25) is 5.02 Å². The second-order valence-corrected chi connectivity index (χ2v) is 8.15. The maximum Gasteiger partial charge on any atom is 0.243 e. The van der Waals surface area contributed by atoms with Crippen molar-refractivity contribution in [2.24, 2.45) is 11.7 Å². The lowest BCUT2D eigenvalue weighted by Gasteiger charge is -2.32. The van der Waals surface area contributed by atoms with Crippen LogP contribution in [-0.2, 0) is 19.6 Å². The summed E-state index contributed by atoms with van der Waals surface area (Å²) in [6.07, 6.45) is 2.04. The molecule has 132 valence electrons. The summed E-state index contributed by atoms with van der Waals surface area (Å²) >= 11 is 5.91. The number of amides is 2. The molecular formula is C15H20ClN3O4S. The number of nitrogens with zero attached hydrogens (tertiary/aromatic N) is 2. The van der Waals surface area contributed by atoms with Crippen molar-refractivity contribution in [2.75, 3.05) is 30.2 Å². The van der Waals surface area contributed by atoms with E-state index < -0.39 is 10.0 Å². The Hall–Kier alpha value is -1.80. The molecule has 1 aliphatic heterocycles. The molecule has 0 radical (unpaired) electrons. The monoisotopic (exact) mass is 373 g/mol. The number of piperidine rings is 1. The predicted octanol–water partition coefficient (Wildman–Crippen LogP) is 0.830. The van der Waals surface area contributed by atoms with E-state index in [0.717, 1.165) is 10.6 Å². The van der Waals surface area contributed by atoms with Crippen molar-refractivity contribution in [3.8, 4) is 0 Å². The molecule has 0 saturated carbocycles. The van der Waals surface area contributed by atoms with Crippen molar-refractivity contribution in [3.63, 3.8) is 0 Å². The number of halogens is 1. The third kappa shape index (κ3) is 4.61. The maximum atomic E-state index is 12.5. The molecule has 0 aliphatic carbocycles. The van der Waals surface area contributed by atoms with Gasteiger partial charge in [0.15, 0.2) is 0 Å². The zero-order valence-electron chi connectivity index (χ0n) is 13.3. The largest absolute Gasteiger partial charge is 0.369 e. The van der Waals surface area contributed by atoms with Crippen molar-refractivity contribution >= 4 is 39.1 Å². The Kier molecular flexibility index (Phi) is 5.71. The summed E-state index contributed by atoms with van der Waals surface area (Å²) in [5, 5.41) is 0.385. The number of nitrogens with two attached hydrogens (primary N) is 1. The van der Waals surface area contributed by atoms with E-state index in [4.69, 9.17) is 17.3 Å². The number of likely N-dealkylation sites (tertiary alicyclic amines) is 1. The molecule has 1 aromatic rings. The summed E-state index contributed by atoms with van der Waals surface area (Å²) in [7, 11) is -3.64. The Balaban J connectivity index is 2.11. The normalized spacial score (nSPS) is 16.0. The minimum atomic E-state index is -3.64. The highest BCUT2D eigenvalue weighted by molar-refractivity contribution is 7.92. The fraction of sp³-hybridized carbons (Fsp3) is 0.467. The number of carbonyl (C=O) groups is 2. The first-order valence-electron chi connectivity index (χ1n) is 7.49. The summed E-state index contributed by atoms with van der Waals surface area (Å²) in [6, 6.07) is 6.33. The topological polar surface area (TPSA) is 101 Å². The average molecular weight is 374 g/mol. The first-order valence-corrected chi connectivity index (χ1v) is 9.71. The number of benzene rings is 1. The Bertz CT molecular complexity index is 730. The van der Waals surface area contributed by atoms with Gasteiger partial charge in [0.25, 0.3) is 0 Å². The van der Waals surface area contributed by atoms with E-state index in [9.17, 15) is 18.0 Å². The van der Waals surface area contributed by atoms with Crippen LogP contribution in [0, 0.1) is 5.92 Å². The first-order chi connectivity index (χ1) is 11.2. The SMILES string of the molecule is CS(=O)(=O)N(CC(=O)N1CCC(C(N)=O)CC1)c1cccc(Cl)c1. The zero-order chi connectivity index (χ0) is 17.9. The fourth-order valence-electron chi connectivity index (χ4n) is 2.67. The molecule has 1 heterocycles. The van der Waals surface area contributed by atoms with E-state index in [1.165, 1.54) is 6.07 Å².